The molecule has 2 atom stereocenters. The highest BCUT2D eigenvalue weighted by Gasteiger charge is 2.36. The van der Waals surface area contributed by atoms with Gasteiger partial charge in [0.25, 0.3) is 5.56 Å². The van der Waals surface area contributed by atoms with E-state index in [1.807, 2.05) is 4.68 Å². The first kappa shape index (κ1) is 24.1. The summed E-state index contributed by atoms with van der Waals surface area (Å²) in [5.41, 5.74) is 4.05. The Bertz CT molecular complexity index is 1220. The van der Waals surface area contributed by atoms with Gasteiger partial charge in [0.05, 0.1) is 18.7 Å². The highest BCUT2D eigenvalue weighted by atomic mass is 16.5. The number of hydrogen-bond acceptors (Lipinski definition) is 6. The Balaban J connectivity index is 1.52. The molecule has 2 aliphatic rings. The average molecular weight is 479 g/mol. The third kappa shape index (κ3) is 5.05. The fourth-order valence-corrected chi connectivity index (χ4v) is 6.08. The van der Waals surface area contributed by atoms with Gasteiger partial charge in [-0.1, -0.05) is 32.8 Å². The van der Waals surface area contributed by atoms with E-state index in [0.29, 0.717) is 19.1 Å². The summed E-state index contributed by atoms with van der Waals surface area (Å²) in [6.07, 6.45) is 7.02. The Morgan fingerprint density at radius 1 is 1.14 bits per heavy atom. The number of hydrogen-bond donors (Lipinski definition) is 1. The number of ether oxygens (including phenoxy) is 1. The second-order valence-corrected chi connectivity index (χ2v) is 10.8. The highest BCUT2D eigenvalue weighted by Crippen LogP contribution is 2.36. The van der Waals surface area contributed by atoms with Gasteiger partial charge in [0.1, 0.15) is 0 Å². The third-order valence-electron chi connectivity index (χ3n) is 7.75. The number of fused-ring (bicyclic) bond motifs is 1. The predicted octanol–water partition coefficient (Wildman–Crippen LogP) is 4.45. The molecule has 1 aliphatic carbocycles. The summed E-state index contributed by atoms with van der Waals surface area (Å²) in [5, 5.41) is 14.1. The Kier molecular flexibility index (Phi) is 7.02. The summed E-state index contributed by atoms with van der Waals surface area (Å²) in [6.45, 7) is 10.7. The maximum Gasteiger partial charge on any atom is 0.252 e. The summed E-state index contributed by atoms with van der Waals surface area (Å²) in [7, 11) is 0. The van der Waals surface area contributed by atoms with Crippen molar-refractivity contribution in [1.29, 1.82) is 0 Å². The minimum atomic E-state index is -0.00745. The van der Waals surface area contributed by atoms with Gasteiger partial charge in [-0.3, -0.25) is 9.69 Å². The van der Waals surface area contributed by atoms with Crippen LogP contribution in [0.3, 0.4) is 0 Å². The Morgan fingerprint density at radius 3 is 2.66 bits per heavy atom. The minimum absolute atomic E-state index is 0.00745. The zero-order chi connectivity index (χ0) is 24.5. The zero-order valence-electron chi connectivity index (χ0n) is 21.5. The van der Waals surface area contributed by atoms with Crippen molar-refractivity contribution in [3.05, 3.63) is 51.1 Å². The van der Waals surface area contributed by atoms with E-state index in [1.54, 1.807) is 0 Å². The van der Waals surface area contributed by atoms with Crippen molar-refractivity contribution in [3.8, 4) is 0 Å². The van der Waals surface area contributed by atoms with Crippen molar-refractivity contribution in [1.82, 2.24) is 30.1 Å². The molecule has 8 nitrogen and oxygen atoms in total. The van der Waals surface area contributed by atoms with Gasteiger partial charge < -0.3 is 9.72 Å². The third-order valence-corrected chi connectivity index (χ3v) is 7.75. The highest BCUT2D eigenvalue weighted by molar-refractivity contribution is 5.83. The van der Waals surface area contributed by atoms with Crippen molar-refractivity contribution in [2.24, 2.45) is 5.92 Å². The molecule has 188 valence electrons. The van der Waals surface area contributed by atoms with Gasteiger partial charge in [-0.25, -0.2) is 4.68 Å². The molecule has 1 saturated carbocycles. The van der Waals surface area contributed by atoms with Gasteiger partial charge >= 0.3 is 0 Å². The molecular weight excluding hydrogens is 440 g/mol. The fraction of sp³-hybridized carbons (Fsp3) is 0.630. The summed E-state index contributed by atoms with van der Waals surface area (Å²) in [5.74, 6) is 1.17. The molecule has 1 aromatic carbocycles. The van der Waals surface area contributed by atoms with Crippen LogP contribution in [-0.2, 0) is 17.8 Å². The predicted molar refractivity (Wildman–Crippen MR) is 136 cm³/mol. The topological polar surface area (TPSA) is 88.9 Å². The summed E-state index contributed by atoms with van der Waals surface area (Å²) < 4.78 is 7.82. The van der Waals surface area contributed by atoms with Crippen LogP contribution >= 0.6 is 0 Å². The lowest BCUT2D eigenvalue weighted by Gasteiger charge is -2.38. The lowest BCUT2D eigenvalue weighted by atomic mass is 9.97. The molecule has 0 radical (unpaired) electrons. The monoisotopic (exact) mass is 478 g/mol. The van der Waals surface area contributed by atoms with Crippen LogP contribution in [0.5, 0.6) is 0 Å². The zero-order valence-corrected chi connectivity index (χ0v) is 21.5. The van der Waals surface area contributed by atoms with Crippen molar-refractivity contribution in [2.45, 2.75) is 97.5 Å². The summed E-state index contributed by atoms with van der Waals surface area (Å²) in [6, 6.07) is 6.75. The van der Waals surface area contributed by atoms with Crippen molar-refractivity contribution < 1.29 is 4.74 Å². The Hall–Kier alpha value is -2.58. The number of aromatic nitrogens is 5. The first-order chi connectivity index (χ1) is 16.9. The number of pyridine rings is 1. The van der Waals surface area contributed by atoms with Gasteiger partial charge in [0.15, 0.2) is 5.82 Å². The van der Waals surface area contributed by atoms with Gasteiger partial charge in [-0.05, 0) is 79.1 Å². The van der Waals surface area contributed by atoms with Crippen LogP contribution in [0.4, 0.5) is 0 Å². The standard InChI is InChI=1S/C27H38N6O2/c1-17(2)25(26-29-30-31-33(26)16-22-10-7-11-35-22)32(21-8-5-6-9-21)15-20-14-23-19(4)12-18(3)13-24(23)28-27(20)34/h12-14,17,21-22,25H,5-11,15-16H2,1-4H3,(H,28,34). The quantitative estimate of drug-likeness (QED) is 0.514. The smallest absolute Gasteiger partial charge is 0.252 e. The second kappa shape index (κ2) is 10.2. The molecule has 2 unspecified atom stereocenters. The number of nitrogens with one attached hydrogen (secondary N) is 1. The molecule has 1 aliphatic heterocycles. The molecular formula is C27H38N6O2. The van der Waals surface area contributed by atoms with Gasteiger partial charge in [-0.2, -0.15) is 0 Å². The van der Waals surface area contributed by atoms with E-state index < -0.39 is 0 Å². The molecule has 3 aromatic rings. The molecule has 2 fully saturated rings. The number of H-pyrrole nitrogens is 1. The molecule has 1 N–H and O–H groups in total. The first-order valence-electron chi connectivity index (χ1n) is 13.2. The van der Waals surface area contributed by atoms with E-state index in [1.165, 1.54) is 18.4 Å². The van der Waals surface area contributed by atoms with Crippen LogP contribution in [0.2, 0.25) is 0 Å². The first-order valence-corrected chi connectivity index (χ1v) is 13.2. The lowest BCUT2D eigenvalue weighted by Crippen LogP contribution is -2.41. The maximum atomic E-state index is 13.2. The number of benzene rings is 1. The minimum Gasteiger partial charge on any atom is -0.376 e. The molecule has 0 bridgehead atoms. The van der Waals surface area contributed by atoms with Crippen LogP contribution in [0.15, 0.2) is 23.0 Å². The molecule has 0 spiro atoms. The number of aromatic amines is 1. The average Bonchev–Trinajstić information content (AvgIpc) is 3.58. The van der Waals surface area contributed by atoms with Crippen LogP contribution in [-0.4, -0.2) is 48.8 Å². The molecule has 8 heteroatoms. The lowest BCUT2D eigenvalue weighted by molar-refractivity contribution is 0.0718. The van der Waals surface area contributed by atoms with E-state index in [4.69, 9.17) is 4.74 Å². The fourth-order valence-electron chi connectivity index (χ4n) is 6.08. The number of nitrogens with zero attached hydrogens (tertiary/aromatic N) is 5. The molecule has 5 rings (SSSR count). The number of tetrazole rings is 1. The van der Waals surface area contributed by atoms with E-state index >= 15 is 0 Å². The van der Waals surface area contributed by atoms with Crippen molar-refractivity contribution in [3.63, 3.8) is 0 Å². The summed E-state index contributed by atoms with van der Waals surface area (Å²) in [4.78, 5) is 18.9. The molecule has 2 aromatic heterocycles. The van der Waals surface area contributed by atoms with Crippen LogP contribution in [0.1, 0.15) is 80.9 Å². The number of aryl methyl sites for hydroxylation is 2. The van der Waals surface area contributed by atoms with Gasteiger partial charge in [-0.15, -0.1) is 5.10 Å². The van der Waals surface area contributed by atoms with E-state index in [0.717, 1.165) is 60.1 Å². The molecule has 1 saturated heterocycles. The van der Waals surface area contributed by atoms with Crippen LogP contribution in [0.25, 0.3) is 10.9 Å². The summed E-state index contributed by atoms with van der Waals surface area (Å²) >= 11 is 0. The van der Waals surface area contributed by atoms with Crippen molar-refractivity contribution >= 4 is 10.9 Å². The Labute approximate surface area is 207 Å². The van der Waals surface area contributed by atoms with Crippen molar-refractivity contribution in [2.75, 3.05) is 6.61 Å². The van der Waals surface area contributed by atoms with Crippen LogP contribution in [0, 0.1) is 19.8 Å². The van der Waals surface area contributed by atoms with Gasteiger partial charge in [0.2, 0.25) is 0 Å². The molecule has 35 heavy (non-hydrogen) atoms. The molecule has 3 heterocycles. The SMILES string of the molecule is Cc1cc(C)c2cc(CN(C3CCCC3)C(c3nnnn3CC3CCCO3)C(C)C)c(=O)[nH]c2c1. The second-order valence-electron chi connectivity index (χ2n) is 10.8. The number of rotatable bonds is 8. The van der Waals surface area contributed by atoms with E-state index in [-0.39, 0.29) is 23.6 Å². The largest absolute Gasteiger partial charge is 0.376 e. The normalized spacial score (nSPS) is 20.0. The Morgan fingerprint density at radius 2 is 1.94 bits per heavy atom. The van der Waals surface area contributed by atoms with E-state index in [2.05, 4.69) is 71.3 Å². The van der Waals surface area contributed by atoms with Gasteiger partial charge in [0, 0.05) is 35.7 Å². The van der Waals surface area contributed by atoms with E-state index in [9.17, 15) is 4.79 Å². The molecule has 0 amide bonds. The maximum absolute atomic E-state index is 13.2. The van der Waals surface area contributed by atoms with Crippen LogP contribution < -0.4 is 5.56 Å².